The molecule has 1 aliphatic carbocycles. The topological polar surface area (TPSA) is 12.4 Å². The fraction of sp³-hybridized carbons (Fsp3) is 0.222. The summed E-state index contributed by atoms with van der Waals surface area (Å²) in [5.41, 5.74) is 3.22. The molecule has 0 atom stereocenters. The molecular formula is C9H11N. The van der Waals surface area contributed by atoms with Crippen molar-refractivity contribution in [3.05, 3.63) is 36.0 Å². The first-order chi connectivity index (χ1) is 4.75. The van der Waals surface area contributed by atoms with E-state index >= 15 is 0 Å². The van der Waals surface area contributed by atoms with Crippen molar-refractivity contribution in [1.29, 1.82) is 0 Å². The van der Waals surface area contributed by atoms with Gasteiger partial charge in [-0.3, -0.25) is 4.99 Å². The van der Waals surface area contributed by atoms with Crippen molar-refractivity contribution in [2.75, 3.05) is 7.05 Å². The largest absolute Gasteiger partial charge is 0.288 e. The Morgan fingerprint density at radius 3 is 2.70 bits per heavy atom. The summed E-state index contributed by atoms with van der Waals surface area (Å²) in [5, 5.41) is 0. The Balaban J connectivity index is 3.00. The highest BCUT2D eigenvalue weighted by Gasteiger charge is 2.04. The molecule has 0 heterocycles. The van der Waals surface area contributed by atoms with E-state index < -0.39 is 0 Å². The molecule has 0 N–H and O–H groups in total. The van der Waals surface area contributed by atoms with E-state index in [0.717, 1.165) is 11.3 Å². The van der Waals surface area contributed by atoms with Crippen LogP contribution in [-0.4, -0.2) is 12.8 Å². The van der Waals surface area contributed by atoms with E-state index in [0.29, 0.717) is 0 Å². The van der Waals surface area contributed by atoms with Crippen LogP contribution in [0.4, 0.5) is 0 Å². The summed E-state index contributed by atoms with van der Waals surface area (Å²) in [5.74, 6) is 0. The van der Waals surface area contributed by atoms with Gasteiger partial charge in [0.2, 0.25) is 0 Å². The maximum atomic E-state index is 4.07. The lowest BCUT2D eigenvalue weighted by atomic mass is 10.00. The molecule has 0 fully saturated rings. The van der Waals surface area contributed by atoms with Gasteiger partial charge in [-0.25, -0.2) is 0 Å². The molecule has 0 saturated heterocycles. The molecule has 0 aromatic heterocycles. The first-order valence-corrected chi connectivity index (χ1v) is 3.27. The maximum Gasteiger partial charge on any atom is 0.0639 e. The number of rotatable bonds is 0. The third kappa shape index (κ3) is 1.08. The van der Waals surface area contributed by atoms with E-state index in [1.807, 2.05) is 25.2 Å². The summed E-state index contributed by atoms with van der Waals surface area (Å²) in [6, 6.07) is 0. The molecule has 1 nitrogen and oxygen atoms in total. The van der Waals surface area contributed by atoms with Crippen LogP contribution in [0.15, 0.2) is 40.9 Å². The van der Waals surface area contributed by atoms with Gasteiger partial charge in [0.25, 0.3) is 0 Å². The summed E-state index contributed by atoms with van der Waals surface area (Å²) in [4.78, 5) is 4.07. The second-order valence-corrected chi connectivity index (χ2v) is 2.30. The lowest BCUT2D eigenvalue weighted by molar-refractivity contribution is 1.39. The molecule has 1 rings (SSSR count). The highest BCUT2D eigenvalue weighted by atomic mass is 14.7. The predicted molar refractivity (Wildman–Crippen MR) is 45.4 cm³/mol. The zero-order valence-electron chi connectivity index (χ0n) is 6.39. The van der Waals surface area contributed by atoms with Gasteiger partial charge in [-0.15, -0.1) is 0 Å². The Hall–Kier alpha value is -1.11. The summed E-state index contributed by atoms with van der Waals surface area (Å²) >= 11 is 0. The van der Waals surface area contributed by atoms with Crippen LogP contribution < -0.4 is 0 Å². The van der Waals surface area contributed by atoms with Crippen LogP contribution in [0.1, 0.15) is 6.92 Å². The minimum absolute atomic E-state index is 0.986. The normalized spacial score (nSPS) is 21.6. The van der Waals surface area contributed by atoms with Gasteiger partial charge in [0.05, 0.1) is 5.71 Å². The van der Waals surface area contributed by atoms with Crippen LogP contribution in [0.3, 0.4) is 0 Å². The molecule has 0 aromatic rings. The second-order valence-electron chi connectivity index (χ2n) is 2.30. The van der Waals surface area contributed by atoms with Crippen molar-refractivity contribution in [1.82, 2.24) is 0 Å². The van der Waals surface area contributed by atoms with Crippen molar-refractivity contribution < 1.29 is 0 Å². The summed E-state index contributed by atoms with van der Waals surface area (Å²) < 4.78 is 0. The Kier molecular flexibility index (Phi) is 1.86. The van der Waals surface area contributed by atoms with Crippen molar-refractivity contribution in [3.63, 3.8) is 0 Å². The number of allylic oxidation sites excluding steroid dienone is 5. The summed E-state index contributed by atoms with van der Waals surface area (Å²) in [6.07, 6.45) is 6.00. The molecule has 0 spiro atoms. The second kappa shape index (κ2) is 2.65. The third-order valence-electron chi connectivity index (χ3n) is 1.63. The summed E-state index contributed by atoms with van der Waals surface area (Å²) in [7, 11) is 1.78. The number of hydrogen-bond acceptors (Lipinski definition) is 1. The maximum absolute atomic E-state index is 4.07. The molecule has 1 heteroatoms. The number of hydrogen-bond donors (Lipinski definition) is 0. The smallest absolute Gasteiger partial charge is 0.0639 e. The van der Waals surface area contributed by atoms with Gasteiger partial charge in [0, 0.05) is 7.05 Å². The number of aliphatic imine (C=N–C) groups is 1. The van der Waals surface area contributed by atoms with Gasteiger partial charge in [-0.05, 0) is 24.1 Å². The van der Waals surface area contributed by atoms with Crippen molar-refractivity contribution >= 4 is 5.71 Å². The third-order valence-corrected chi connectivity index (χ3v) is 1.63. The fourth-order valence-electron chi connectivity index (χ4n) is 0.896. The standard InChI is InChI=1S/C9H11N/c1-7-5-4-6-9(10-3)8(7)2/h4-6H,2H2,1,3H3/b10-9-. The molecule has 52 valence electrons. The minimum Gasteiger partial charge on any atom is -0.288 e. The average molecular weight is 133 g/mol. The zero-order valence-corrected chi connectivity index (χ0v) is 6.39. The van der Waals surface area contributed by atoms with E-state index in [1.54, 1.807) is 7.05 Å². The van der Waals surface area contributed by atoms with Crippen LogP contribution in [0.5, 0.6) is 0 Å². The lowest BCUT2D eigenvalue weighted by Crippen LogP contribution is -2.01. The van der Waals surface area contributed by atoms with E-state index in [1.165, 1.54) is 5.57 Å². The van der Waals surface area contributed by atoms with Crippen LogP contribution in [-0.2, 0) is 0 Å². The van der Waals surface area contributed by atoms with Crippen molar-refractivity contribution in [2.24, 2.45) is 4.99 Å². The molecule has 0 amide bonds. The Morgan fingerprint density at radius 2 is 2.20 bits per heavy atom. The lowest BCUT2D eigenvalue weighted by Gasteiger charge is -2.08. The molecule has 0 radical (unpaired) electrons. The Morgan fingerprint density at radius 1 is 1.50 bits per heavy atom. The van der Waals surface area contributed by atoms with Crippen LogP contribution in [0, 0.1) is 0 Å². The van der Waals surface area contributed by atoms with Gasteiger partial charge < -0.3 is 0 Å². The fourth-order valence-corrected chi connectivity index (χ4v) is 0.896. The van der Waals surface area contributed by atoms with E-state index in [9.17, 15) is 0 Å². The van der Waals surface area contributed by atoms with Gasteiger partial charge >= 0.3 is 0 Å². The van der Waals surface area contributed by atoms with E-state index in [-0.39, 0.29) is 0 Å². The quantitative estimate of drug-likeness (QED) is 0.480. The van der Waals surface area contributed by atoms with Crippen LogP contribution in [0.25, 0.3) is 0 Å². The molecule has 0 unspecified atom stereocenters. The predicted octanol–water partition coefficient (Wildman–Crippen LogP) is 2.13. The molecule has 1 aliphatic rings. The van der Waals surface area contributed by atoms with Gasteiger partial charge in [0.1, 0.15) is 0 Å². The van der Waals surface area contributed by atoms with Gasteiger partial charge in [-0.2, -0.15) is 0 Å². The van der Waals surface area contributed by atoms with Crippen LogP contribution in [0.2, 0.25) is 0 Å². The SMILES string of the molecule is C=C1C(C)=CC=C/C1=N/C. The van der Waals surface area contributed by atoms with E-state index in [4.69, 9.17) is 0 Å². The first-order valence-electron chi connectivity index (χ1n) is 3.27. The molecule has 0 bridgehead atoms. The first kappa shape index (κ1) is 7.00. The zero-order chi connectivity index (χ0) is 7.56. The summed E-state index contributed by atoms with van der Waals surface area (Å²) in [6.45, 7) is 5.94. The molecule has 0 aliphatic heterocycles. The molecular weight excluding hydrogens is 122 g/mol. The van der Waals surface area contributed by atoms with Crippen molar-refractivity contribution in [3.8, 4) is 0 Å². The molecule has 10 heavy (non-hydrogen) atoms. The number of nitrogens with zero attached hydrogens (tertiary/aromatic N) is 1. The van der Waals surface area contributed by atoms with Crippen LogP contribution >= 0.6 is 0 Å². The molecule has 0 aromatic carbocycles. The van der Waals surface area contributed by atoms with E-state index in [2.05, 4.69) is 11.6 Å². The Bertz CT molecular complexity index is 241. The average Bonchev–Trinajstić information content (AvgIpc) is 1.95. The Labute approximate surface area is 61.5 Å². The minimum atomic E-state index is 0.986. The van der Waals surface area contributed by atoms with Gasteiger partial charge in [-0.1, -0.05) is 18.7 Å². The highest BCUT2D eigenvalue weighted by molar-refractivity contribution is 6.12. The molecule has 0 saturated carbocycles. The monoisotopic (exact) mass is 133 g/mol. The highest BCUT2D eigenvalue weighted by Crippen LogP contribution is 2.13. The van der Waals surface area contributed by atoms with Crippen molar-refractivity contribution in [2.45, 2.75) is 6.92 Å². The van der Waals surface area contributed by atoms with Gasteiger partial charge in [0.15, 0.2) is 0 Å².